The van der Waals surface area contributed by atoms with Crippen molar-refractivity contribution in [1.82, 2.24) is 4.98 Å². The summed E-state index contributed by atoms with van der Waals surface area (Å²) in [7, 11) is 0. The van der Waals surface area contributed by atoms with Gasteiger partial charge in [0.15, 0.2) is 0 Å². The van der Waals surface area contributed by atoms with E-state index >= 15 is 0 Å². The summed E-state index contributed by atoms with van der Waals surface area (Å²) in [5.41, 5.74) is 0.545. The van der Waals surface area contributed by atoms with E-state index in [1.54, 1.807) is 6.07 Å². The Morgan fingerprint density at radius 2 is 2.13 bits per heavy atom. The van der Waals surface area contributed by atoms with E-state index in [4.69, 9.17) is 5.26 Å². The smallest absolute Gasteiger partial charge is 0.387 e. The van der Waals surface area contributed by atoms with Gasteiger partial charge in [-0.05, 0) is 28.4 Å². The van der Waals surface area contributed by atoms with Crippen LogP contribution in [0.4, 0.5) is 13.2 Å². The van der Waals surface area contributed by atoms with Crippen molar-refractivity contribution in [3.05, 3.63) is 21.8 Å². The van der Waals surface area contributed by atoms with Crippen molar-refractivity contribution in [3.8, 4) is 11.9 Å². The molecule has 1 aromatic rings. The lowest BCUT2D eigenvalue weighted by molar-refractivity contribution is -0.276. The highest BCUT2D eigenvalue weighted by Crippen LogP contribution is 2.31. The van der Waals surface area contributed by atoms with Gasteiger partial charge in [0, 0.05) is 6.20 Å². The molecule has 0 amide bonds. The van der Waals surface area contributed by atoms with Gasteiger partial charge >= 0.3 is 6.36 Å². The van der Waals surface area contributed by atoms with Gasteiger partial charge in [-0.2, -0.15) is 5.26 Å². The van der Waals surface area contributed by atoms with Crippen LogP contribution in [0.15, 0.2) is 10.7 Å². The summed E-state index contributed by atoms with van der Waals surface area (Å²) in [4.78, 5) is 3.38. The molecule has 0 saturated heterocycles. The highest BCUT2D eigenvalue weighted by Gasteiger charge is 2.33. The second-order valence-electron chi connectivity index (χ2n) is 2.58. The predicted octanol–water partition coefficient (Wildman–Crippen LogP) is 2.92. The highest BCUT2D eigenvalue weighted by atomic mass is 79.9. The zero-order valence-corrected chi connectivity index (χ0v) is 8.98. The van der Waals surface area contributed by atoms with Gasteiger partial charge in [0.05, 0.1) is 10.0 Å². The monoisotopic (exact) mass is 280 g/mol. The fourth-order valence-electron chi connectivity index (χ4n) is 0.849. The molecule has 1 rings (SSSR count). The summed E-state index contributed by atoms with van der Waals surface area (Å²) in [5.74, 6) is -0.598. The standard InChI is InChI=1S/C8H4BrF3N2O/c1-4-5(2-13)3-14-7(6(4)9)15-8(10,11)12/h3H,1H3. The van der Waals surface area contributed by atoms with Crippen molar-refractivity contribution in [2.24, 2.45) is 0 Å². The van der Waals surface area contributed by atoms with Gasteiger partial charge in [-0.15, -0.1) is 13.2 Å². The molecule has 0 aliphatic rings. The summed E-state index contributed by atoms with van der Waals surface area (Å²) in [6, 6.07) is 1.80. The van der Waals surface area contributed by atoms with Gasteiger partial charge in [0.25, 0.3) is 0 Å². The summed E-state index contributed by atoms with van der Waals surface area (Å²) in [5, 5.41) is 8.59. The van der Waals surface area contributed by atoms with Gasteiger partial charge in [0.1, 0.15) is 6.07 Å². The Kier molecular flexibility index (Phi) is 3.19. The summed E-state index contributed by atoms with van der Waals surface area (Å²) in [6.45, 7) is 1.49. The molecule has 15 heavy (non-hydrogen) atoms. The SMILES string of the molecule is Cc1c(C#N)cnc(OC(F)(F)F)c1Br. The first-order valence-electron chi connectivity index (χ1n) is 3.66. The zero-order chi connectivity index (χ0) is 11.6. The van der Waals surface area contributed by atoms with Gasteiger partial charge in [-0.1, -0.05) is 0 Å². The van der Waals surface area contributed by atoms with E-state index in [0.717, 1.165) is 6.20 Å². The first kappa shape index (κ1) is 11.8. The molecule has 3 nitrogen and oxygen atoms in total. The van der Waals surface area contributed by atoms with E-state index in [2.05, 4.69) is 25.7 Å². The van der Waals surface area contributed by atoms with Crippen LogP contribution >= 0.6 is 15.9 Å². The minimum absolute atomic E-state index is 0.0267. The number of rotatable bonds is 1. The molecule has 0 spiro atoms. The van der Waals surface area contributed by atoms with Crippen molar-refractivity contribution in [2.75, 3.05) is 0 Å². The molecule has 80 valence electrons. The van der Waals surface area contributed by atoms with Crippen molar-refractivity contribution in [1.29, 1.82) is 5.26 Å². The molecule has 1 heterocycles. The number of hydrogen-bond acceptors (Lipinski definition) is 3. The fourth-order valence-corrected chi connectivity index (χ4v) is 1.25. The average molecular weight is 281 g/mol. The first-order valence-corrected chi connectivity index (χ1v) is 4.45. The van der Waals surface area contributed by atoms with E-state index < -0.39 is 12.2 Å². The topological polar surface area (TPSA) is 45.9 Å². The van der Waals surface area contributed by atoms with Crippen molar-refractivity contribution >= 4 is 15.9 Å². The summed E-state index contributed by atoms with van der Waals surface area (Å²) in [6.07, 6.45) is -3.77. The predicted molar refractivity (Wildman–Crippen MR) is 48.1 cm³/mol. The lowest BCUT2D eigenvalue weighted by Crippen LogP contribution is -2.18. The third-order valence-corrected chi connectivity index (χ3v) is 2.50. The summed E-state index contributed by atoms with van der Waals surface area (Å²) < 4.78 is 39.3. The lowest BCUT2D eigenvalue weighted by atomic mass is 10.2. The maximum atomic E-state index is 11.9. The highest BCUT2D eigenvalue weighted by molar-refractivity contribution is 9.10. The fraction of sp³-hybridized carbons (Fsp3) is 0.250. The van der Waals surface area contributed by atoms with Crippen LogP contribution in [-0.4, -0.2) is 11.3 Å². The third-order valence-electron chi connectivity index (χ3n) is 1.56. The molecule has 0 unspecified atom stereocenters. The molecule has 0 bridgehead atoms. The lowest BCUT2D eigenvalue weighted by Gasteiger charge is -2.10. The van der Waals surface area contributed by atoms with Crippen LogP contribution in [0.25, 0.3) is 0 Å². The molecule has 0 aliphatic heterocycles. The number of nitrogens with zero attached hydrogens (tertiary/aromatic N) is 2. The first-order chi connectivity index (χ1) is 6.85. The minimum atomic E-state index is -4.80. The Morgan fingerprint density at radius 1 is 1.53 bits per heavy atom. The van der Waals surface area contributed by atoms with Crippen LogP contribution in [0.5, 0.6) is 5.88 Å². The number of halogens is 4. The Morgan fingerprint density at radius 3 is 2.60 bits per heavy atom. The third kappa shape index (κ3) is 2.83. The quantitative estimate of drug-likeness (QED) is 0.795. The number of nitriles is 1. The molecule has 7 heteroatoms. The number of aromatic nitrogens is 1. The van der Waals surface area contributed by atoms with Crippen molar-refractivity contribution in [2.45, 2.75) is 13.3 Å². The van der Waals surface area contributed by atoms with Gasteiger partial charge in [0.2, 0.25) is 5.88 Å². The van der Waals surface area contributed by atoms with E-state index in [0.29, 0.717) is 5.56 Å². The Labute approximate surface area is 91.6 Å². The molecule has 0 radical (unpaired) electrons. The maximum Gasteiger partial charge on any atom is 0.574 e. The number of ether oxygens (including phenoxy) is 1. The average Bonchev–Trinajstić information content (AvgIpc) is 2.11. The van der Waals surface area contributed by atoms with Gasteiger partial charge in [-0.3, -0.25) is 0 Å². The molecule has 0 aromatic carbocycles. The van der Waals surface area contributed by atoms with E-state index in [9.17, 15) is 13.2 Å². The van der Waals surface area contributed by atoms with Crippen LogP contribution in [0.2, 0.25) is 0 Å². The van der Waals surface area contributed by atoms with E-state index in [1.165, 1.54) is 6.92 Å². The van der Waals surface area contributed by atoms with Crippen molar-refractivity contribution in [3.63, 3.8) is 0 Å². The summed E-state index contributed by atoms with van der Waals surface area (Å²) >= 11 is 2.89. The van der Waals surface area contributed by atoms with Crippen LogP contribution in [0, 0.1) is 18.3 Å². The number of alkyl halides is 3. The normalized spacial score (nSPS) is 10.9. The largest absolute Gasteiger partial charge is 0.574 e. The molecule has 0 fully saturated rings. The molecular formula is C8H4BrF3N2O. The minimum Gasteiger partial charge on any atom is -0.387 e. The number of hydrogen-bond donors (Lipinski definition) is 0. The van der Waals surface area contributed by atoms with E-state index in [-0.39, 0.29) is 10.0 Å². The molecule has 1 aromatic heterocycles. The van der Waals surface area contributed by atoms with Crippen LogP contribution in [0.3, 0.4) is 0 Å². The molecule has 0 saturated carbocycles. The molecule has 0 N–H and O–H groups in total. The maximum absolute atomic E-state index is 11.9. The Hall–Kier alpha value is -1.29. The Bertz CT molecular complexity index is 425. The second kappa shape index (κ2) is 4.06. The van der Waals surface area contributed by atoms with E-state index in [1.807, 2.05) is 0 Å². The van der Waals surface area contributed by atoms with Crippen LogP contribution in [0.1, 0.15) is 11.1 Å². The van der Waals surface area contributed by atoms with Gasteiger partial charge in [-0.25, -0.2) is 4.98 Å². The number of pyridine rings is 1. The van der Waals surface area contributed by atoms with Gasteiger partial charge < -0.3 is 4.74 Å². The zero-order valence-electron chi connectivity index (χ0n) is 7.39. The van der Waals surface area contributed by atoms with Crippen LogP contribution in [-0.2, 0) is 0 Å². The molecule has 0 aliphatic carbocycles. The molecule has 0 atom stereocenters. The Balaban J connectivity index is 3.14. The van der Waals surface area contributed by atoms with Crippen molar-refractivity contribution < 1.29 is 17.9 Å². The van der Waals surface area contributed by atoms with Crippen LogP contribution < -0.4 is 4.74 Å². The molecular weight excluding hydrogens is 277 g/mol. The second-order valence-corrected chi connectivity index (χ2v) is 3.37.